The van der Waals surface area contributed by atoms with E-state index in [9.17, 15) is 4.79 Å². The lowest BCUT2D eigenvalue weighted by Gasteiger charge is -2.14. The van der Waals surface area contributed by atoms with E-state index in [-0.39, 0.29) is 6.61 Å². The van der Waals surface area contributed by atoms with Gasteiger partial charge in [-0.3, -0.25) is 0 Å². The fraction of sp³-hybridized carbons (Fsp3) is 0.176. The number of carbonyl (C=O) groups is 1. The summed E-state index contributed by atoms with van der Waals surface area (Å²) in [5.74, 6) is -0.106. The number of esters is 1. The molecule has 3 rings (SSSR count). The van der Waals surface area contributed by atoms with Gasteiger partial charge in [0.05, 0.1) is 15.2 Å². The monoisotopic (exact) mass is 381 g/mol. The Morgan fingerprint density at radius 1 is 1.25 bits per heavy atom. The highest BCUT2D eigenvalue weighted by Gasteiger charge is 2.18. The maximum Gasteiger partial charge on any atom is 0.347 e. The van der Waals surface area contributed by atoms with Gasteiger partial charge in [-0.15, -0.1) is 11.3 Å². The van der Waals surface area contributed by atoms with E-state index in [1.807, 2.05) is 24.3 Å². The molecule has 1 atom stereocenters. The van der Waals surface area contributed by atoms with E-state index in [0.29, 0.717) is 15.8 Å². The van der Waals surface area contributed by atoms with Gasteiger partial charge in [-0.1, -0.05) is 35.3 Å². The van der Waals surface area contributed by atoms with Crippen LogP contribution in [0.4, 0.5) is 0 Å². The van der Waals surface area contributed by atoms with Crippen molar-refractivity contribution in [1.82, 2.24) is 4.98 Å². The van der Waals surface area contributed by atoms with E-state index >= 15 is 0 Å². The lowest BCUT2D eigenvalue weighted by atomic mass is 10.3. The van der Waals surface area contributed by atoms with E-state index in [1.54, 1.807) is 25.1 Å². The first kappa shape index (κ1) is 17.0. The van der Waals surface area contributed by atoms with Crippen LogP contribution < -0.4 is 4.74 Å². The van der Waals surface area contributed by atoms with E-state index in [2.05, 4.69) is 4.98 Å². The van der Waals surface area contributed by atoms with Crippen molar-refractivity contribution in [2.45, 2.75) is 19.6 Å². The molecule has 0 aliphatic carbocycles. The van der Waals surface area contributed by atoms with Gasteiger partial charge in [0.15, 0.2) is 6.10 Å². The smallest absolute Gasteiger partial charge is 0.347 e. The molecule has 3 aromatic rings. The number of para-hydroxylation sites is 1. The molecule has 0 radical (unpaired) electrons. The molecular formula is C17H13Cl2NO3S. The number of hydrogen-bond donors (Lipinski definition) is 0. The average Bonchev–Trinajstić information content (AvgIpc) is 2.98. The molecule has 0 N–H and O–H groups in total. The molecule has 2 aromatic carbocycles. The maximum atomic E-state index is 12.1. The van der Waals surface area contributed by atoms with Crippen LogP contribution in [0.2, 0.25) is 10.0 Å². The molecule has 0 aliphatic heterocycles. The van der Waals surface area contributed by atoms with Crippen LogP contribution in [0, 0.1) is 0 Å². The number of ether oxygens (including phenoxy) is 2. The molecule has 7 heteroatoms. The minimum atomic E-state index is -0.793. The van der Waals surface area contributed by atoms with Crippen molar-refractivity contribution >= 4 is 50.7 Å². The molecule has 0 unspecified atom stereocenters. The van der Waals surface area contributed by atoms with Crippen molar-refractivity contribution in [3.8, 4) is 5.75 Å². The quantitative estimate of drug-likeness (QED) is 0.575. The van der Waals surface area contributed by atoms with Gasteiger partial charge in [0, 0.05) is 5.02 Å². The average molecular weight is 382 g/mol. The van der Waals surface area contributed by atoms with E-state index < -0.39 is 12.1 Å². The van der Waals surface area contributed by atoms with Crippen molar-refractivity contribution in [3.63, 3.8) is 0 Å². The molecule has 0 spiro atoms. The van der Waals surface area contributed by atoms with Crippen molar-refractivity contribution < 1.29 is 14.3 Å². The number of halogens is 2. The molecular weight excluding hydrogens is 369 g/mol. The summed E-state index contributed by atoms with van der Waals surface area (Å²) < 4.78 is 11.9. The van der Waals surface area contributed by atoms with Crippen molar-refractivity contribution in [1.29, 1.82) is 0 Å². The minimum Gasteiger partial charge on any atom is -0.477 e. The Morgan fingerprint density at radius 2 is 2.04 bits per heavy atom. The summed E-state index contributed by atoms with van der Waals surface area (Å²) >= 11 is 13.4. The molecule has 0 fully saturated rings. The molecule has 0 saturated carbocycles. The highest BCUT2D eigenvalue weighted by molar-refractivity contribution is 7.18. The standard InChI is InChI=1S/C17H13Cl2NO3S/c1-10(23-14-7-6-11(18)8-12(14)19)17(21)22-9-16-20-13-4-2-3-5-15(13)24-16/h2-8,10H,9H2,1H3/t10-/m1/s1. The third kappa shape index (κ3) is 3.98. The topological polar surface area (TPSA) is 48.4 Å². The highest BCUT2D eigenvalue weighted by atomic mass is 35.5. The number of thiazole rings is 1. The number of fused-ring (bicyclic) bond motifs is 1. The first-order valence-corrected chi connectivity index (χ1v) is 8.73. The van der Waals surface area contributed by atoms with Crippen LogP contribution in [0.3, 0.4) is 0 Å². The first-order chi connectivity index (χ1) is 11.5. The minimum absolute atomic E-state index is 0.111. The van der Waals surface area contributed by atoms with Crippen molar-refractivity contribution in [3.05, 3.63) is 57.5 Å². The summed E-state index contributed by atoms with van der Waals surface area (Å²) in [6, 6.07) is 12.6. The SMILES string of the molecule is C[C@@H](Oc1ccc(Cl)cc1Cl)C(=O)OCc1nc2ccccc2s1. The van der Waals surface area contributed by atoms with Gasteiger partial charge in [-0.05, 0) is 37.3 Å². The maximum absolute atomic E-state index is 12.1. The molecule has 0 aliphatic rings. The van der Waals surface area contributed by atoms with Gasteiger partial charge in [0.25, 0.3) is 0 Å². The first-order valence-electron chi connectivity index (χ1n) is 7.16. The summed E-state index contributed by atoms with van der Waals surface area (Å²) in [5, 5.41) is 1.58. The Bertz CT molecular complexity index is 848. The highest BCUT2D eigenvalue weighted by Crippen LogP contribution is 2.28. The number of nitrogens with zero attached hydrogens (tertiary/aromatic N) is 1. The van der Waals surface area contributed by atoms with Crippen LogP contribution in [-0.2, 0) is 16.1 Å². The van der Waals surface area contributed by atoms with Gasteiger partial charge < -0.3 is 9.47 Å². The van der Waals surface area contributed by atoms with Crippen LogP contribution >= 0.6 is 34.5 Å². The Labute approximate surface area is 152 Å². The molecule has 0 saturated heterocycles. The summed E-state index contributed by atoms with van der Waals surface area (Å²) in [5.41, 5.74) is 0.894. The number of benzene rings is 2. The lowest BCUT2D eigenvalue weighted by molar-refractivity contribution is -0.152. The van der Waals surface area contributed by atoms with Crippen molar-refractivity contribution in [2.75, 3.05) is 0 Å². The zero-order valence-electron chi connectivity index (χ0n) is 12.7. The summed E-state index contributed by atoms with van der Waals surface area (Å²) in [6.45, 7) is 1.71. The normalized spacial score (nSPS) is 12.1. The molecule has 124 valence electrons. The second-order valence-corrected chi connectivity index (χ2v) is 6.98. The van der Waals surface area contributed by atoms with Gasteiger partial charge in [0.1, 0.15) is 17.4 Å². The fourth-order valence-corrected chi connectivity index (χ4v) is 3.37. The molecule has 1 heterocycles. The van der Waals surface area contributed by atoms with Gasteiger partial charge in [0.2, 0.25) is 0 Å². The molecule has 0 bridgehead atoms. The summed E-state index contributed by atoms with van der Waals surface area (Å²) in [6.07, 6.45) is -0.793. The predicted octanol–water partition coefficient (Wildman–Crippen LogP) is 5.11. The molecule has 4 nitrogen and oxygen atoms in total. The zero-order chi connectivity index (χ0) is 17.1. The van der Waals surface area contributed by atoms with E-state index in [0.717, 1.165) is 15.2 Å². The molecule has 24 heavy (non-hydrogen) atoms. The predicted molar refractivity (Wildman–Crippen MR) is 96.0 cm³/mol. The van der Waals surface area contributed by atoms with Gasteiger partial charge >= 0.3 is 5.97 Å². The Hall–Kier alpha value is -1.82. The number of hydrogen-bond acceptors (Lipinski definition) is 5. The fourth-order valence-electron chi connectivity index (χ4n) is 2.04. The number of carbonyl (C=O) groups excluding carboxylic acids is 1. The Balaban J connectivity index is 1.59. The number of aromatic nitrogens is 1. The summed E-state index contributed by atoms with van der Waals surface area (Å²) in [7, 11) is 0. The lowest BCUT2D eigenvalue weighted by Crippen LogP contribution is -2.26. The number of rotatable bonds is 5. The van der Waals surface area contributed by atoms with Gasteiger partial charge in [-0.2, -0.15) is 0 Å². The van der Waals surface area contributed by atoms with Gasteiger partial charge in [-0.25, -0.2) is 9.78 Å². The second kappa shape index (κ2) is 7.38. The Kier molecular flexibility index (Phi) is 5.23. The van der Waals surface area contributed by atoms with E-state index in [4.69, 9.17) is 32.7 Å². The van der Waals surface area contributed by atoms with Crippen LogP contribution in [-0.4, -0.2) is 17.1 Å². The zero-order valence-corrected chi connectivity index (χ0v) is 15.0. The largest absolute Gasteiger partial charge is 0.477 e. The van der Waals surface area contributed by atoms with Crippen LogP contribution in [0.1, 0.15) is 11.9 Å². The molecule has 1 aromatic heterocycles. The van der Waals surface area contributed by atoms with Crippen LogP contribution in [0.15, 0.2) is 42.5 Å². The van der Waals surface area contributed by atoms with Crippen molar-refractivity contribution in [2.24, 2.45) is 0 Å². The van der Waals surface area contributed by atoms with Crippen LogP contribution in [0.25, 0.3) is 10.2 Å². The summed E-state index contributed by atoms with van der Waals surface area (Å²) in [4.78, 5) is 16.5. The second-order valence-electron chi connectivity index (χ2n) is 5.02. The van der Waals surface area contributed by atoms with E-state index in [1.165, 1.54) is 11.3 Å². The third-order valence-electron chi connectivity index (χ3n) is 3.21. The third-order valence-corrected chi connectivity index (χ3v) is 4.75. The van der Waals surface area contributed by atoms with Crippen LogP contribution in [0.5, 0.6) is 5.75 Å². The Morgan fingerprint density at radius 3 is 2.79 bits per heavy atom. The molecule has 0 amide bonds.